The Balaban J connectivity index is 1.44. The highest BCUT2D eigenvalue weighted by atomic mass is 16.5. The van der Waals surface area contributed by atoms with Gasteiger partial charge >= 0.3 is 0 Å². The molecule has 148 valence electrons. The van der Waals surface area contributed by atoms with Crippen molar-refractivity contribution >= 4 is 11.6 Å². The van der Waals surface area contributed by atoms with Gasteiger partial charge in [0.15, 0.2) is 5.96 Å². The van der Waals surface area contributed by atoms with Crippen LogP contribution in [-0.2, 0) is 13.0 Å². The summed E-state index contributed by atoms with van der Waals surface area (Å²) in [6, 6.07) is 15.1. The van der Waals surface area contributed by atoms with Crippen molar-refractivity contribution in [1.82, 2.24) is 10.6 Å². The Morgan fingerprint density at radius 1 is 1.04 bits per heavy atom. The van der Waals surface area contributed by atoms with Crippen LogP contribution in [-0.4, -0.2) is 39.8 Å². The Morgan fingerprint density at radius 2 is 1.75 bits per heavy atom. The first-order chi connectivity index (χ1) is 13.7. The molecule has 28 heavy (non-hydrogen) atoms. The summed E-state index contributed by atoms with van der Waals surface area (Å²) in [4.78, 5) is 6.66. The summed E-state index contributed by atoms with van der Waals surface area (Å²) >= 11 is 0. The monoisotopic (exact) mass is 378 g/mol. The lowest BCUT2D eigenvalue weighted by atomic mass is 10.1. The highest BCUT2D eigenvalue weighted by Gasteiger charge is 2.07. The molecule has 5 nitrogen and oxygen atoms in total. The predicted molar refractivity (Wildman–Crippen MR) is 117 cm³/mol. The van der Waals surface area contributed by atoms with Crippen molar-refractivity contribution in [3.05, 3.63) is 71.3 Å². The van der Waals surface area contributed by atoms with E-state index < -0.39 is 0 Å². The van der Waals surface area contributed by atoms with Crippen LogP contribution < -0.4 is 20.3 Å². The van der Waals surface area contributed by atoms with Crippen molar-refractivity contribution in [2.24, 2.45) is 4.99 Å². The topological polar surface area (TPSA) is 48.9 Å². The van der Waals surface area contributed by atoms with Crippen molar-refractivity contribution in [2.75, 3.05) is 38.7 Å². The molecule has 0 fully saturated rings. The fourth-order valence-electron chi connectivity index (χ4n) is 3.27. The second-order valence-electron chi connectivity index (χ2n) is 6.95. The van der Waals surface area contributed by atoms with E-state index in [9.17, 15) is 0 Å². The molecular formula is C23H30N4O. The molecule has 0 spiro atoms. The molecule has 2 N–H and O–H groups in total. The number of ether oxygens (including phenoxy) is 1. The summed E-state index contributed by atoms with van der Waals surface area (Å²) < 4.78 is 5.40. The number of nitrogens with zero attached hydrogens (tertiary/aromatic N) is 2. The second kappa shape index (κ2) is 9.83. The number of aliphatic imine (C=N–C) groups is 1. The molecule has 0 amide bonds. The quantitative estimate of drug-likeness (QED) is 0.441. The van der Waals surface area contributed by atoms with Crippen LogP contribution in [0.4, 0.5) is 5.69 Å². The van der Waals surface area contributed by atoms with Crippen LogP contribution in [0, 0.1) is 6.92 Å². The van der Waals surface area contributed by atoms with Crippen molar-refractivity contribution < 1.29 is 4.74 Å². The Morgan fingerprint density at radius 3 is 2.43 bits per heavy atom. The van der Waals surface area contributed by atoms with E-state index in [0.29, 0.717) is 0 Å². The van der Waals surface area contributed by atoms with E-state index in [1.807, 2.05) is 0 Å². The van der Waals surface area contributed by atoms with E-state index in [4.69, 9.17) is 4.74 Å². The average molecular weight is 379 g/mol. The number of guanidine groups is 1. The summed E-state index contributed by atoms with van der Waals surface area (Å²) in [5, 5.41) is 6.76. The van der Waals surface area contributed by atoms with E-state index in [1.165, 1.54) is 16.8 Å². The molecule has 0 bridgehead atoms. The van der Waals surface area contributed by atoms with Gasteiger partial charge < -0.3 is 20.3 Å². The second-order valence-corrected chi connectivity index (χ2v) is 6.95. The Kier molecular flexibility index (Phi) is 6.95. The molecule has 0 atom stereocenters. The SMILES string of the molecule is CN=C(NCCc1ccc(C)c(OC)c1)NCc1ccc(N2CC=CC2)cc1. The Labute approximate surface area is 168 Å². The van der Waals surface area contributed by atoms with Gasteiger partial charge in [-0.15, -0.1) is 0 Å². The lowest BCUT2D eigenvalue weighted by Gasteiger charge is -2.18. The molecule has 2 aromatic carbocycles. The number of hydrogen-bond acceptors (Lipinski definition) is 3. The molecule has 0 aliphatic carbocycles. The summed E-state index contributed by atoms with van der Waals surface area (Å²) in [7, 11) is 3.51. The maximum absolute atomic E-state index is 5.40. The van der Waals surface area contributed by atoms with Gasteiger partial charge in [-0.25, -0.2) is 0 Å². The van der Waals surface area contributed by atoms with Crippen molar-refractivity contribution in [2.45, 2.75) is 19.9 Å². The van der Waals surface area contributed by atoms with Gasteiger partial charge in [0.1, 0.15) is 5.75 Å². The van der Waals surface area contributed by atoms with Crippen LogP contribution >= 0.6 is 0 Å². The van der Waals surface area contributed by atoms with Crippen molar-refractivity contribution in [3.8, 4) is 5.75 Å². The fourth-order valence-corrected chi connectivity index (χ4v) is 3.27. The zero-order valence-electron chi connectivity index (χ0n) is 17.0. The largest absolute Gasteiger partial charge is 0.496 e. The lowest BCUT2D eigenvalue weighted by Crippen LogP contribution is -2.37. The van der Waals surface area contributed by atoms with E-state index in [1.54, 1.807) is 14.2 Å². The van der Waals surface area contributed by atoms with E-state index in [2.05, 4.69) is 82.1 Å². The molecule has 0 saturated heterocycles. The van der Waals surface area contributed by atoms with Gasteiger partial charge in [0.2, 0.25) is 0 Å². The Hall–Kier alpha value is -2.95. The van der Waals surface area contributed by atoms with Gasteiger partial charge in [0, 0.05) is 38.9 Å². The number of methoxy groups -OCH3 is 1. The third kappa shape index (κ3) is 5.28. The maximum Gasteiger partial charge on any atom is 0.191 e. The summed E-state index contributed by atoms with van der Waals surface area (Å²) in [5.41, 5.74) is 4.91. The number of anilines is 1. The van der Waals surface area contributed by atoms with Gasteiger partial charge in [-0.1, -0.05) is 36.4 Å². The molecular weight excluding hydrogens is 348 g/mol. The summed E-state index contributed by atoms with van der Waals surface area (Å²) in [6.07, 6.45) is 5.32. The van der Waals surface area contributed by atoms with E-state index in [-0.39, 0.29) is 0 Å². The van der Waals surface area contributed by atoms with Gasteiger partial charge in [-0.05, 0) is 48.2 Å². The van der Waals surface area contributed by atoms with E-state index >= 15 is 0 Å². The van der Waals surface area contributed by atoms with Crippen LogP contribution in [0.3, 0.4) is 0 Å². The zero-order valence-corrected chi connectivity index (χ0v) is 17.0. The molecule has 0 radical (unpaired) electrons. The minimum absolute atomic E-state index is 0.747. The summed E-state index contributed by atoms with van der Waals surface area (Å²) in [5.74, 6) is 1.75. The lowest BCUT2D eigenvalue weighted by molar-refractivity contribution is 0.411. The summed E-state index contributed by atoms with van der Waals surface area (Å²) in [6.45, 7) is 5.62. The fraction of sp³-hybridized carbons (Fsp3) is 0.348. The standard InChI is InChI=1S/C23H30N4O/c1-18-6-7-19(16-22(18)28-3)12-13-25-23(24-2)26-17-20-8-10-21(11-9-20)27-14-4-5-15-27/h4-11,16H,12-15,17H2,1-3H3,(H2,24,25,26). The molecule has 0 saturated carbocycles. The van der Waals surface area contributed by atoms with Gasteiger partial charge in [-0.2, -0.15) is 0 Å². The molecule has 3 rings (SSSR count). The van der Waals surface area contributed by atoms with Crippen LogP contribution in [0.15, 0.2) is 59.6 Å². The molecule has 0 aromatic heterocycles. The first-order valence-electron chi connectivity index (χ1n) is 9.76. The van der Waals surface area contributed by atoms with Crippen LogP contribution in [0.5, 0.6) is 5.75 Å². The van der Waals surface area contributed by atoms with Crippen LogP contribution in [0.1, 0.15) is 16.7 Å². The predicted octanol–water partition coefficient (Wildman–Crippen LogP) is 3.29. The molecule has 0 unspecified atom stereocenters. The highest BCUT2D eigenvalue weighted by molar-refractivity contribution is 5.79. The minimum Gasteiger partial charge on any atom is -0.496 e. The molecule has 5 heteroatoms. The van der Waals surface area contributed by atoms with Crippen molar-refractivity contribution in [3.63, 3.8) is 0 Å². The zero-order chi connectivity index (χ0) is 19.8. The van der Waals surface area contributed by atoms with Crippen molar-refractivity contribution in [1.29, 1.82) is 0 Å². The number of benzene rings is 2. The molecule has 1 aliphatic rings. The van der Waals surface area contributed by atoms with Gasteiger partial charge in [-0.3, -0.25) is 4.99 Å². The minimum atomic E-state index is 0.747. The average Bonchev–Trinajstić information content (AvgIpc) is 3.27. The number of hydrogen-bond donors (Lipinski definition) is 2. The smallest absolute Gasteiger partial charge is 0.191 e. The normalized spacial score (nSPS) is 13.7. The van der Waals surface area contributed by atoms with E-state index in [0.717, 1.165) is 49.9 Å². The van der Waals surface area contributed by atoms with Gasteiger partial charge in [0.25, 0.3) is 0 Å². The number of rotatable bonds is 7. The third-order valence-corrected chi connectivity index (χ3v) is 4.98. The third-order valence-electron chi connectivity index (χ3n) is 4.98. The maximum atomic E-state index is 5.40. The van der Waals surface area contributed by atoms with Crippen LogP contribution in [0.2, 0.25) is 0 Å². The number of nitrogens with one attached hydrogen (secondary N) is 2. The number of aryl methyl sites for hydroxylation is 1. The molecule has 1 heterocycles. The van der Waals surface area contributed by atoms with Gasteiger partial charge in [0.05, 0.1) is 7.11 Å². The molecule has 2 aromatic rings. The first kappa shape index (κ1) is 19.8. The Bertz CT molecular complexity index is 819. The first-order valence-corrected chi connectivity index (χ1v) is 9.76. The highest BCUT2D eigenvalue weighted by Crippen LogP contribution is 2.19. The van der Waals surface area contributed by atoms with Crippen LogP contribution in [0.25, 0.3) is 0 Å². The molecule has 1 aliphatic heterocycles.